The van der Waals surface area contributed by atoms with Crippen LogP contribution in [0.2, 0.25) is 0 Å². The Kier molecular flexibility index (Phi) is 5.11. The molecule has 26 heavy (non-hydrogen) atoms. The van der Waals surface area contributed by atoms with Crippen LogP contribution in [0.25, 0.3) is 0 Å². The van der Waals surface area contributed by atoms with Crippen LogP contribution in [0.3, 0.4) is 0 Å². The predicted molar refractivity (Wildman–Crippen MR) is 99.4 cm³/mol. The molecule has 1 amide bonds. The van der Waals surface area contributed by atoms with Crippen molar-refractivity contribution >= 4 is 5.91 Å². The van der Waals surface area contributed by atoms with Crippen molar-refractivity contribution in [3.63, 3.8) is 0 Å². The normalized spacial score (nSPS) is 13.4. The third-order valence-electron chi connectivity index (χ3n) is 4.87. The summed E-state index contributed by atoms with van der Waals surface area (Å²) >= 11 is 0. The van der Waals surface area contributed by atoms with Gasteiger partial charge in [-0.3, -0.25) is 4.79 Å². The fourth-order valence-corrected chi connectivity index (χ4v) is 3.40. The Bertz CT molecular complexity index is 822. The van der Waals surface area contributed by atoms with E-state index in [1.807, 2.05) is 19.1 Å². The fourth-order valence-electron chi connectivity index (χ4n) is 3.40. The number of hydrogen-bond donors (Lipinski definition) is 1. The Labute approximate surface area is 154 Å². The molecule has 1 saturated carbocycles. The molecule has 1 aliphatic carbocycles. The van der Waals surface area contributed by atoms with Gasteiger partial charge in [-0.25, -0.2) is 0 Å². The maximum atomic E-state index is 12.7. The van der Waals surface area contributed by atoms with Crippen LogP contribution >= 0.6 is 0 Å². The zero-order valence-corrected chi connectivity index (χ0v) is 16.0. The van der Waals surface area contributed by atoms with Crippen LogP contribution in [-0.4, -0.2) is 31.8 Å². The largest absolute Gasteiger partial charge is 0.496 e. The van der Waals surface area contributed by atoms with E-state index in [0.29, 0.717) is 29.8 Å². The predicted octanol–water partition coefficient (Wildman–Crippen LogP) is 3.40. The molecule has 1 aromatic carbocycles. The second-order valence-electron chi connectivity index (χ2n) is 6.59. The molecule has 1 fully saturated rings. The first-order valence-electron chi connectivity index (χ1n) is 8.75. The summed E-state index contributed by atoms with van der Waals surface area (Å²) in [5.74, 6) is 1.75. The van der Waals surface area contributed by atoms with Crippen molar-refractivity contribution < 1.29 is 19.0 Å². The van der Waals surface area contributed by atoms with E-state index in [1.165, 1.54) is 12.8 Å². The molecule has 0 unspecified atom stereocenters. The quantitative estimate of drug-likeness (QED) is 0.824. The van der Waals surface area contributed by atoms with Crippen LogP contribution in [0.5, 0.6) is 17.2 Å². The average molecular weight is 358 g/mol. The van der Waals surface area contributed by atoms with Crippen LogP contribution in [0, 0.1) is 13.8 Å². The minimum absolute atomic E-state index is 0.0816. The highest BCUT2D eigenvalue weighted by atomic mass is 16.5. The molecule has 6 heteroatoms. The number of rotatable bonds is 7. The molecule has 0 bridgehead atoms. The van der Waals surface area contributed by atoms with Crippen molar-refractivity contribution in [3.05, 3.63) is 40.7 Å². The highest BCUT2D eigenvalue weighted by Crippen LogP contribution is 2.38. The number of nitrogens with one attached hydrogen (secondary N) is 1. The summed E-state index contributed by atoms with van der Waals surface area (Å²) in [5.41, 5.74) is 3.73. The summed E-state index contributed by atoms with van der Waals surface area (Å²) in [6.45, 7) is 4.41. The van der Waals surface area contributed by atoms with Crippen molar-refractivity contribution in [1.29, 1.82) is 0 Å². The van der Waals surface area contributed by atoms with Crippen molar-refractivity contribution in [3.8, 4) is 17.2 Å². The van der Waals surface area contributed by atoms with Crippen LogP contribution < -0.4 is 19.5 Å². The highest BCUT2D eigenvalue weighted by molar-refractivity contribution is 5.95. The van der Waals surface area contributed by atoms with E-state index in [-0.39, 0.29) is 5.91 Å². The van der Waals surface area contributed by atoms with Crippen molar-refractivity contribution in [2.75, 3.05) is 21.3 Å². The summed E-state index contributed by atoms with van der Waals surface area (Å²) in [6.07, 6.45) is 2.39. The third-order valence-corrected chi connectivity index (χ3v) is 4.87. The Balaban J connectivity index is 1.78. The Morgan fingerprint density at radius 2 is 1.65 bits per heavy atom. The Morgan fingerprint density at radius 1 is 1.04 bits per heavy atom. The number of aryl methyl sites for hydroxylation is 1. The SMILES string of the molecule is COc1cc(OC)c(OC)cc1CNC(=O)c1cc(C)n(C2CC2)c1C. The van der Waals surface area contributed by atoms with Gasteiger partial charge in [0.1, 0.15) is 5.75 Å². The highest BCUT2D eigenvalue weighted by Gasteiger charge is 2.28. The number of nitrogens with zero attached hydrogens (tertiary/aromatic N) is 1. The molecule has 1 heterocycles. The van der Waals surface area contributed by atoms with E-state index >= 15 is 0 Å². The molecule has 0 saturated heterocycles. The second kappa shape index (κ2) is 7.32. The molecule has 1 N–H and O–H groups in total. The van der Waals surface area contributed by atoms with E-state index in [2.05, 4.69) is 16.8 Å². The first kappa shape index (κ1) is 18.2. The lowest BCUT2D eigenvalue weighted by Gasteiger charge is -2.14. The third kappa shape index (κ3) is 3.36. The molecule has 0 aliphatic heterocycles. The van der Waals surface area contributed by atoms with Crippen LogP contribution in [0.15, 0.2) is 18.2 Å². The standard InChI is InChI=1S/C20H26N2O4/c1-12-8-16(13(2)22(12)15-6-7-15)20(23)21-11-14-9-18(25-4)19(26-5)10-17(14)24-3/h8-10,15H,6-7,11H2,1-5H3,(H,21,23). The fraction of sp³-hybridized carbons (Fsp3) is 0.450. The van der Waals surface area contributed by atoms with E-state index in [1.54, 1.807) is 27.4 Å². The topological polar surface area (TPSA) is 61.7 Å². The van der Waals surface area contributed by atoms with Gasteiger partial charge in [0.25, 0.3) is 5.91 Å². The lowest BCUT2D eigenvalue weighted by Crippen LogP contribution is -2.23. The van der Waals surface area contributed by atoms with Gasteiger partial charge in [0.05, 0.1) is 26.9 Å². The van der Waals surface area contributed by atoms with Gasteiger partial charge in [-0.1, -0.05) is 0 Å². The van der Waals surface area contributed by atoms with E-state index < -0.39 is 0 Å². The van der Waals surface area contributed by atoms with Gasteiger partial charge in [0, 0.05) is 35.6 Å². The van der Waals surface area contributed by atoms with Crippen molar-refractivity contribution in [1.82, 2.24) is 9.88 Å². The molecule has 0 atom stereocenters. The van der Waals surface area contributed by atoms with Gasteiger partial charge in [-0.05, 0) is 38.8 Å². The first-order chi connectivity index (χ1) is 12.5. The van der Waals surface area contributed by atoms with Crippen molar-refractivity contribution in [2.45, 2.75) is 39.3 Å². The van der Waals surface area contributed by atoms with Crippen LogP contribution in [0.4, 0.5) is 0 Å². The molecule has 2 aromatic rings. The molecule has 140 valence electrons. The number of carbonyl (C=O) groups excluding carboxylic acids is 1. The summed E-state index contributed by atoms with van der Waals surface area (Å²) in [6, 6.07) is 6.11. The van der Waals surface area contributed by atoms with Gasteiger partial charge >= 0.3 is 0 Å². The lowest BCUT2D eigenvalue weighted by atomic mass is 10.1. The number of benzene rings is 1. The number of carbonyl (C=O) groups is 1. The van der Waals surface area contributed by atoms with Gasteiger partial charge in [0.2, 0.25) is 0 Å². The summed E-state index contributed by atoms with van der Waals surface area (Å²) in [4.78, 5) is 12.7. The van der Waals surface area contributed by atoms with E-state index in [0.717, 1.165) is 22.5 Å². The first-order valence-corrected chi connectivity index (χ1v) is 8.75. The summed E-state index contributed by atoms with van der Waals surface area (Å²) in [5, 5.41) is 2.99. The lowest BCUT2D eigenvalue weighted by molar-refractivity contribution is 0.0950. The van der Waals surface area contributed by atoms with E-state index in [4.69, 9.17) is 14.2 Å². The second-order valence-corrected chi connectivity index (χ2v) is 6.59. The number of amides is 1. The molecule has 0 radical (unpaired) electrons. The van der Waals surface area contributed by atoms with Gasteiger partial charge < -0.3 is 24.1 Å². The van der Waals surface area contributed by atoms with Gasteiger partial charge in [-0.2, -0.15) is 0 Å². The zero-order valence-electron chi connectivity index (χ0n) is 16.0. The smallest absolute Gasteiger partial charge is 0.253 e. The maximum Gasteiger partial charge on any atom is 0.253 e. The molecular formula is C20H26N2O4. The number of aromatic nitrogens is 1. The molecule has 1 aliphatic rings. The number of hydrogen-bond acceptors (Lipinski definition) is 4. The zero-order chi connectivity index (χ0) is 18.8. The molecule has 6 nitrogen and oxygen atoms in total. The van der Waals surface area contributed by atoms with Gasteiger partial charge in [-0.15, -0.1) is 0 Å². The maximum absolute atomic E-state index is 12.7. The molecule has 3 rings (SSSR count). The van der Waals surface area contributed by atoms with E-state index in [9.17, 15) is 4.79 Å². The molecule has 1 aromatic heterocycles. The van der Waals surface area contributed by atoms with Crippen molar-refractivity contribution in [2.24, 2.45) is 0 Å². The Hall–Kier alpha value is -2.63. The molecular weight excluding hydrogens is 332 g/mol. The Morgan fingerprint density at radius 3 is 2.23 bits per heavy atom. The molecule has 0 spiro atoms. The summed E-state index contributed by atoms with van der Waals surface area (Å²) < 4.78 is 18.3. The number of ether oxygens (including phenoxy) is 3. The average Bonchev–Trinajstić information content (AvgIpc) is 3.43. The minimum Gasteiger partial charge on any atom is -0.496 e. The monoisotopic (exact) mass is 358 g/mol. The minimum atomic E-state index is -0.0816. The summed E-state index contributed by atoms with van der Waals surface area (Å²) in [7, 11) is 4.75. The van der Waals surface area contributed by atoms with Gasteiger partial charge in [0.15, 0.2) is 11.5 Å². The van der Waals surface area contributed by atoms with Crippen LogP contribution in [-0.2, 0) is 6.54 Å². The van der Waals surface area contributed by atoms with Crippen LogP contribution in [0.1, 0.15) is 46.2 Å². The number of methoxy groups -OCH3 is 3.